The summed E-state index contributed by atoms with van der Waals surface area (Å²) < 4.78 is 5.20. The topological polar surface area (TPSA) is 22.1 Å². The maximum absolute atomic E-state index is 5.20. The van der Waals surface area contributed by atoms with Gasteiger partial charge in [-0.3, -0.25) is 4.98 Å². The number of aromatic nitrogens is 1. The molecule has 0 amide bonds. The van der Waals surface area contributed by atoms with E-state index in [1.807, 2.05) is 23.8 Å². The van der Waals surface area contributed by atoms with E-state index in [0.717, 1.165) is 12.2 Å². The summed E-state index contributed by atoms with van der Waals surface area (Å²) in [4.78, 5) is 5.66. The number of alkyl halides is 1. The molecule has 2 aromatic rings. The lowest BCUT2D eigenvalue weighted by atomic mass is 10.1. The van der Waals surface area contributed by atoms with Crippen LogP contribution < -0.4 is 4.74 Å². The summed E-state index contributed by atoms with van der Waals surface area (Å²) in [6.07, 6.45) is 2.85. The minimum Gasteiger partial charge on any atom is -0.497 e. The number of rotatable bonds is 4. The molecule has 16 heavy (non-hydrogen) atoms. The lowest BCUT2D eigenvalue weighted by Gasteiger charge is -2.08. The Hall–Kier alpha value is -0.870. The van der Waals surface area contributed by atoms with Gasteiger partial charge in [0.2, 0.25) is 0 Å². The number of thiazole rings is 1. The van der Waals surface area contributed by atoms with E-state index < -0.39 is 0 Å². The first-order chi connectivity index (χ1) is 7.79. The highest BCUT2D eigenvalue weighted by atomic mass is 79.9. The Balaban J connectivity index is 2.08. The monoisotopic (exact) mass is 297 g/mol. The van der Waals surface area contributed by atoms with Crippen molar-refractivity contribution in [2.75, 3.05) is 7.11 Å². The SMILES string of the molecule is COc1cccc(CC(Br)c2cncs2)c1. The molecule has 0 aliphatic rings. The summed E-state index contributed by atoms with van der Waals surface area (Å²) in [7, 11) is 1.69. The second kappa shape index (κ2) is 5.46. The zero-order valence-electron chi connectivity index (χ0n) is 8.89. The van der Waals surface area contributed by atoms with Crippen LogP contribution in [0, 0.1) is 0 Å². The first-order valence-electron chi connectivity index (χ1n) is 4.95. The van der Waals surface area contributed by atoms with Gasteiger partial charge in [0.25, 0.3) is 0 Å². The second-order valence-electron chi connectivity index (χ2n) is 3.43. The third-order valence-electron chi connectivity index (χ3n) is 2.31. The number of ether oxygens (including phenoxy) is 1. The van der Waals surface area contributed by atoms with Gasteiger partial charge in [-0.15, -0.1) is 11.3 Å². The molecule has 0 bridgehead atoms. The fraction of sp³-hybridized carbons (Fsp3) is 0.250. The Kier molecular flexibility index (Phi) is 3.96. The summed E-state index contributed by atoms with van der Waals surface area (Å²) in [5, 5.41) is 0. The van der Waals surface area contributed by atoms with Crippen molar-refractivity contribution in [1.29, 1.82) is 0 Å². The van der Waals surface area contributed by atoms with Crippen LogP contribution in [0.4, 0.5) is 0 Å². The van der Waals surface area contributed by atoms with Crippen molar-refractivity contribution < 1.29 is 4.74 Å². The molecule has 1 heterocycles. The molecule has 0 saturated heterocycles. The van der Waals surface area contributed by atoms with E-state index in [-0.39, 0.29) is 0 Å². The Morgan fingerprint density at radius 2 is 2.38 bits per heavy atom. The molecular weight excluding hydrogens is 286 g/mol. The van der Waals surface area contributed by atoms with Gasteiger partial charge in [0.05, 0.1) is 17.4 Å². The molecule has 84 valence electrons. The molecule has 1 atom stereocenters. The highest BCUT2D eigenvalue weighted by molar-refractivity contribution is 9.09. The van der Waals surface area contributed by atoms with E-state index in [2.05, 4.69) is 33.0 Å². The van der Waals surface area contributed by atoms with Crippen LogP contribution in [0.5, 0.6) is 5.75 Å². The minimum absolute atomic E-state index is 0.326. The molecule has 1 unspecified atom stereocenters. The molecule has 0 aliphatic carbocycles. The second-order valence-corrected chi connectivity index (χ2v) is 5.45. The smallest absolute Gasteiger partial charge is 0.119 e. The summed E-state index contributed by atoms with van der Waals surface area (Å²) in [6.45, 7) is 0. The van der Waals surface area contributed by atoms with Crippen LogP contribution in [0.15, 0.2) is 36.0 Å². The molecule has 2 rings (SSSR count). The van der Waals surface area contributed by atoms with Gasteiger partial charge in [-0.2, -0.15) is 0 Å². The summed E-state index contributed by atoms with van der Waals surface area (Å²) >= 11 is 5.35. The van der Waals surface area contributed by atoms with E-state index in [1.165, 1.54) is 10.4 Å². The third kappa shape index (κ3) is 2.83. The van der Waals surface area contributed by atoms with E-state index >= 15 is 0 Å². The van der Waals surface area contributed by atoms with Crippen LogP contribution in [0.3, 0.4) is 0 Å². The van der Waals surface area contributed by atoms with Crippen molar-refractivity contribution in [3.8, 4) is 5.75 Å². The first kappa shape index (κ1) is 11.6. The van der Waals surface area contributed by atoms with Crippen LogP contribution in [-0.4, -0.2) is 12.1 Å². The number of hydrogen-bond donors (Lipinski definition) is 0. The predicted octanol–water partition coefficient (Wildman–Crippen LogP) is 3.83. The molecule has 0 N–H and O–H groups in total. The van der Waals surface area contributed by atoms with E-state index in [4.69, 9.17) is 4.74 Å². The van der Waals surface area contributed by atoms with Crippen molar-refractivity contribution in [3.63, 3.8) is 0 Å². The average molecular weight is 298 g/mol. The van der Waals surface area contributed by atoms with Crippen LogP contribution in [0.1, 0.15) is 15.3 Å². The summed E-state index contributed by atoms with van der Waals surface area (Å²) in [5.41, 5.74) is 3.12. The zero-order valence-corrected chi connectivity index (χ0v) is 11.3. The summed E-state index contributed by atoms with van der Waals surface area (Å²) in [6, 6.07) is 8.15. The molecule has 4 heteroatoms. The predicted molar refractivity (Wildman–Crippen MR) is 70.5 cm³/mol. The van der Waals surface area contributed by atoms with Crippen LogP contribution in [0.2, 0.25) is 0 Å². The number of hydrogen-bond acceptors (Lipinski definition) is 3. The molecule has 0 aliphatic heterocycles. The van der Waals surface area contributed by atoms with E-state index in [1.54, 1.807) is 18.4 Å². The zero-order chi connectivity index (χ0) is 11.4. The molecular formula is C12H12BrNOS. The normalized spacial score (nSPS) is 12.4. The Morgan fingerprint density at radius 3 is 3.06 bits per heavy atom. The highest BCUT2D eigenvalue weighted by Gasteiger charge is 2.10. The fourth-order valence-corrected chi connectivity index (χ4v) is 2.90. The maximum Gasteiger partial charge on any atom is 0.119 e. The number of methoxy groups -OCH3 is 1. The molecule has 0 saturated carbocycles. The largest absolute Gasteiger partial charge is 0.497 e. The molecule has 1 aromatic heterocycles. The Morgan fingerprint density at radius 1 is 1.50 bits per heavy atom. The van der Waals surface area contributed by atoms with Gasteiger partial charge in [0, 0.05) is 11.1 Å². The lowest BCUT2D eigenvalue weighted by Crippen LogP contribution is -1.93. The molecule has 0 spiro atoms. The van der Waals surface area contributed by atoms with Gasteiger partial charge < -0.3 is 4.74 Å². The van der Waals surface area contributed by atoms with Gasteiger partial charge in [0.15, 0.2) is 0 Å². The highest BCUT2D eigenvalue weighted by Crippen LogP contribution is 2.30. The Labute approximate surface area is 107 Å². The van der Waals surface area contributed by atoms with E-state index in [0.29, 0.717) is 4.83 Å². The number of benzene rings is 1. The lowest BCUT2D eigenvalue weighted by molar-refractivity contribution is 0.414. The molecule has 0 fully saturated rings. The van der Waals surface area contributed by atoms with Crippen molar-refractivity contribution in [2.45, 2.75) is 11.2 Å². The van der Waals surface area contributed by atoms with Gasteiger partial charge in [0.1, 0.15) is 5.75 Å². The standard InChI is InChI=1S/C12H12BrNOS/c1-15-10-4-2-3-9(5-10)6-11(13)12-7-14-8-16-12/h2-5,7-8,11H,6H2,1H3. The quantitative estimate of drug-likeness (QED) is 0.800. The van der Waals surface area contributed by atoms with E-state index in [9.17, 15) is 0 Å². The summed E-state index contributed by atoms with van der Waals surface area (Å²) in [5.74, 6) is 0.904. The van der Waals surface area contributed by atoms with Crippen molar-refractivity contribution in [2.24, 2.45) is 0 Å². The fourth-order valence-electron chi connectivity index (χ4n) is 1.49. The first-order valence-corrected chi connectivity index (χ1v) is 6.74. The van der Waals surface area contributed by atoms with Crippen LogP contribution in [-0.2, 0) is 6.42 Å². The maximum atomic E-state index is 5.20. The average Bonchev–Trinajstić information content (AvgIpc) is 2.83. The molecule has 2 nitrogen and oxygen atoms in total. The van der Waals surface area contributed by atoms with Crippen LogP contribution in [0.25, 0.3) is 0 Å². The Bertz CT molecular complexity index is 444. The van der Waals surface area contributed by atoms with Crippen LogP contribution >= 0.6 is 27.3 Å². The minimum atomic E-state index is 0.326. The molecule has 1 aromatic carbocycles. The molecule has 0 radical (unpaired) electrons. The van der Waals surface area contributed by atoms with Gasteiger partial charge in [-0.1, -0.05) is 28.1 Å². The third-order valence-corrected chi connectivity index (χ3v) is 4.32. The number of nitrogens with zero attached hydrogens (tertiary/aromatic N) is 1. The van der Waals surface area contributed by atoms with Crippen molar-refractivity contribution in [3.05, 3.63) is 46.4 Å². The van der Waals surface area contributed by atoms with Crippen molar-refractivity contribution >= 4 is 27.3 Å². The van der Waals surface area contributed by atoms with Gasteiger partial charge in [-0.25, -0.2) is 0 Å². The van der Waals surface area contributed by atoms with Gasteiger partial charge in [-0.05, 0) is 24.1 Å². The van der Waals surface area contributed by atoms with Gasteiger partial charge >= 0.3 is 0 Å². The number of halogens is 1. The van der Waals surface area contributed by atoms with Crippen molar-refractivity contribution in [1.82, 2.24) is 4.98 Å².